The Kier molecular flexibility index (Phi) is 5.88. The molecule has 0 aliphatic carbocycles. The molecule has 1 amide bonds. The molecule has 0 radical (unpaired) electrons. The molecule has 3 aromatic carbocycles. The monoisotopic (exact) mass is 486 g/mol. The molecule has 0 saturated carbocycles. The van der Waals surface area contributed by atoms with Crippen LogP contribution in [0.2, 0.25) is 0 Å². The number of carbonyl (C=O) groups is 1. The predicted octanol–water partition coefficient (Wildman–Crippen LogP) is 6.14. The highest BCUT2D eigenvalue weighted by atomic mass is 32.1. The first-order chi connectivity index (χ1) is 17.2. The molecule has 178 valence electrons. The van der Waals surface area contributed by atoms with Gasteiger partial charge in [-0.1, -0.05) is 53.8 Å². The van der Waals surface area contributed by atoms with Crippen LogP contribution in [0.15, 0.2) is 66.7 Å². The minimum atomic E-state index is -0.490. The van der Waals surface area contributed by atoms with Crippen molar-refractivity contribution < 1.29 is 19.0 Å². The Morgan fingerprint density at radius 1 is 1.06 bits per heavy atom. The third-order valence-corrected chi connectivity index (χ3v) is 7.55. The van der Waals surface area contributed by atoms with Crippen LogP contribution in [0, 0.1) is 0 Å². The van der Waals surface area contributed by atoms with Gasteiger partial charge in [-0.3, -0.25) is 9.69 Å². The van der Waals surface area contributed by atoms with E-state index in [1.54, 1.807) is 0 Å². The molecule has 1 fully saturated rings. The predicted molar refractivity (Wildman–Crippen MR) is 137 cm³/mol. The highest BCUT2D eigenvalue weighted by Gasteiger charge is 2.38. The number of nitrogens with zero attached hydrogens (tertiary/aromatic N) is 2. The summed E-state index contributed by atoms with van der Waals surface area (Å²) in [4.78, 5) is 21.2. The Morgan fingerprint density at radius 2 is 1.80 bits per heavy atom. The fourth-order valence-corrected chi connectivity index (χ4v) is 5.88. The van der Waals surface area contributed by atoms with Crippen molar-refractivity contribution >= 4 is 32.6 Å². The number of anilines is 1. The van der Waals surface area contributed by atoms with E-state index in [1.165, 1.54) is 11.3 Å². The molecular weight excluding hydrogens is 460 g/mol. The summed E-state index contributed by atoms with van der Waals surface area (Å²) in [6.45, 7) is 3.70. The molecule has 1 unspecified atom stereocenters. The average molecular weight is 487 g/mol. The number of thiazole rings is 1. The first-order valence-corrected chi connectivity index (χ1v) is 12.9. The van der Waals surface area contributed by atoms with E-state index < -0.39 is 5.92 Å². The van der Waals surface area contributed by atoms with Crippen molar-refractivity contribution in [1.82, 2.24) is 4.98 Å². The van der Waals surface area contributed by atoms with Gasteiger partial charge in [-0.2, -0.15) is 0 Å². The van der Waals surface area contributed by atoms with Gasteiger partial charge in [0.1, 0.15) is 22.8 Å². The maximum Gasteiger partial charge on any atom is 0.241 e. The zero-order valence-corrected chi connectivity index (χ0v) is 20.3. The van der Waals surface area contributed by atoms with Crippen molar-refractivity contribution in [3.05, 3.63) is 77.9 Å². The van der Waals surface area contributed by atoms with Crippen molar-refractivity contribution in [1.29, 1.82) is 0 Å². The summed E-state index contributed by atoms with van der Waals surface area (Å²) in [7, 11) is 0. The zero-order valence-electron chi connectivity index (χ0n) is 19.5. The van der Waals surface area contributed by atoms with Gasteiger partial charge in [-0.25, -0.2) is 4.98 Å². The number of carbonyl (C=O) groups excluding carboxylic acids is 1. The van der Waals surface area contributed by atoms with Gasteiger partial charge < -0.3 is 14.2 Å². The molecule has 2 aliphatic rings. The lowest BCUT2D eigenvalue weighted by atomic mass is 9.87. The summed E-state index contributed by atoms with van der Waals surface area (Å²) in [5, 5.41) is 0.661. The van der Waals surface area contributed by atoms with Crippen LogP contribution in [0.3, 0.4) is 0 Å². The molecule has 7 heteroatoms. The van der Waals surface area contributed by atoms with Crippen LogP contribution < -0.4 is 14.4 Å². The van der Waals surface area contributed by atoms with Crippen molar-refractivity contribution in [2.45, 2.75) is 31.8 Å². The minimum Gasteiger partial charge on any atom is -0.492 e. The second-order valence-electron chi connectivity index (χ2n) is 8.73. The molecule has 1 atom stereocenters. The van der Waals surface area contributed by atoms with Crippen LogP contribution in [0.5, 0.6) is 17.2 Å². The first-order valence-electron chi connectivity index (χ1n) is 12.0. The molecule has 1 aromatic heterocycles. The highest BCUT2D eigenvalue weighted by Crippen LogP contribution is 2.46. The first kappa shape index (κ1) is 22.1. The van der Waals surface area contributed by atoms with Crippen molar-refractivity contribution in [3.8, 4) is 17.2 Å². The lowest BCUT2D eigenvalue weighted by molar-refractivity contribution is -0.119. The minimum absolute atomic E-state index is 0.0114. The number of hydrogen-bond acceptors (Lipinski definition) is 6. The Balaban J connectivity index is 1.46. The molecule has 2 aliphatic heterocycles. The van der Waals surface area contributed by atoms with Crippen LogP contribution in [-0.4, -0.2) is 36.8 Å². The zero-order chi connectivity index (χ0) is 23.8. The van der Waals surface area contributed by atoms with Gasteiger partial charge in [-0.05, 0) is 44.0 Å². The molecule has 0 spiro atoms. The number of aromatic nitrogens is 1. The van der Waals surface area contributed by atoms with Crippen LogP contribution in [0.25, 0.3) is 10.2 Å². The van der Waals surface area contributed by atoms with Gasteiger partial charge in [0, 0.05) is 17.7 Å². The molecule has 1 saturated heterocycles. The Labute approximate surface area is 208 Å². The largest absolute Gasteiger partial charge is 0.492 e. The topological polar surface area (TPSA) is 60.9 Å². The molecule has 6 nitrogen and oxygen atoms in total. The smallest absolute Gasteiger partial charge is 0.241 e. The van der Waals surface area contributed by atoms with Gasteiger partial charge in [0.15, 0.2) is 5.13 Å². The number of fused-ring (bicyclic) bond motifs is 3. The summed E-state index contributed by atoms with van der Waals surface area (Å²) in [5.41, 5.74) is 2.52. The van der Waals surface area contributed by atoms with Crippen LogP contribution >= 0.6 is 11.3 Å². The third-order valence-electron chi connectivity index (χ3n) is 6.50. The van der Waals surface area contributed by atoms with Crippen LogP contribution in [-0.2, 0) is 9.53 Å². The molecule has 6 rings (SSSR count). The van der Waals surface area contributed by atoms with E-state index in [0.29, 0.717) is 29.8 Å². The number of para-hydroxylation sites is 3. The van der Waals surface area contributed by atoms with E-state index >= 15 is 0 Å². The van der Waals surface area contributed by atoms with E-state index in [2.05, 4.69) is 0 Å². The average Bonchev–Trinajstić information content (AvgIpc) is 3.56. The van der Waals surface area contributed by atoms with E-state index in [4.69, 9.17) is 19.2 Å². The quantitative estimate of drug-likeness (QED) is 0.327. The lowest BCUT2D eigenvalue weighted by Crippen LogP contribution is -2.41. The van der Waals surface area contributed by atoms with Crippen LogP contribution in [0.4, 0.5) is 5.13 Å². The Hall–Kier alpha value is -3.42. The SMILES string of the molecule is CCOc1cccc2sc(N(CC3CCCO3)C(=O)C3c4ccccc4Oc4ccccc43)nc12. The number of hydrogen-bond donors (Lipinski definition) is 0. The van der Waals surface area contributed by atoms with E-state index in [1.807, 2.05) is 78.6 Å². The van der Waals surface area contributed by atoms with E-state index in [9.17, 15) is 4.79 Å². The van der Waals surface area contributed by atoms with Gasteiger partial charge in [0.05, 0.1) is 29.9 Å². The van der Waals surface area contributed by atoms with Crippen molar-refractivity contribution in [2.24, 2.45) is 0 Å². The summed E-state index contributed by atoms with van der Waals surface area (Å²) >= 11 is 1.51. The molecule has 0 bridgehead atoms. The standard InChI is InChI=1S/C28H26N2O4S/c1-2-32-23-14-7-15-24-26(23)29-28(35-24)30(17-18-9-8-16-33-18)27(31)25-19-10-3-5-12-21(19)34-22-13-6-4-11-20(22)25/h3-7,10-15,18,25H,2,8-9,16-17H2,1H3. The second-order valence-corrected chi connectivity index (χ2v) is 9.74. The molecular formula is C28H26N2O4S. The van der Waals surface area contributed by atoms with Crippen molar-refractivity contribution in [3.63, 3.8) is 0 Å². The molecule has 0 N–H and O–H groups in total. The number of rotatable bonds is 6. The van der Waals surface area contributed by atoms with Crippen LogP contribution in [0.1, 0.15) is 36.8 Å². The van der Waals surface area contributed by atoms with E-state index in [-0.39, 0.29) is 12.0 Å². The van der Waals surface area contributed by atoms with E-state index in [0.717, 1.165) is 46.5 Å². The maximum atomic E-state index is 14.4. The lowest BCUT2D eigenvalue weighted by Gasteiger charge is -2.32. The Bertz CT molecular complexity index is 1330. The molecule has 3 heterocycles. The van der Waals surface area contributed by atoms with Crippen molar-refractivity contribution in [2.75, 3.05) is 24.7 Å². The van der Waals surface area contributed by atoms with Gasteiger partial charge in [0.2, 0.25) is 5.91 Å². The third kappa shape index (κ3) is 4.05. The fraction of sp³-hybridized carbons (Fsp3) is 0.286. The fourth-order valence-electron chi connectivity index (χ4n) is 4.89. The second kappa shape index (κ2) is 9.32. The Morgan fingerprint density at radius 3 is 2.49 bits per heavy atom. The number of amides is 1. The highest BCUT2D eigenvalue weighted by molar-refractivity contribution is 7.22. The number of ether oxygens (including phenoxy) is 3. The maximum absolute atomic E-state index is 14.4. The van der Waals surface area contributed by atoms with Gasteiger partial charge in [0.25, 0.3) is 0 Å². The summed E-state index contributed by atoms with van der Waals surface area (Å²) in [6, 6.07) is 21.5. The molecule has 35 heavy (non-hydrogen) atoms. The van der Waals surface area contributed by atoms with Gasteiger partial charge >= 0.3 is 0 Å². The van der Waals surface area contributed by atoms with Gasteiger partial charge in [-0.15, -0.1) is 0 Å². The summed E-state index contributed by atoms with van der Waals surface area (Å²) < 4.78 is 18.9. The number of benzene rings is 3. The molecule has 4 aromatic rings. The normalized spacial score (nSPS) is 17.0. The summed E-state index contributed by atoms with van der Waals surface area (Å²) in [5.74, 6) is 1.64. The summed E-state index contributed by atoms with van der Waals surface area (Å²) in [6.07, 6.45) is 1.92.